The zero-order valence-electron chi connectivity index (χ0n) is 26.1. The van der Waals surface area contributed by atoms with Crippen molar-refractivity contribution in [2.24, 2.45) is 5.41 Å². The summed E-state index contributed by atoms with van der Waals surface area (Å²) in [5, 5.41) is 5.41. The first-order valence-electron chi connectivity index (χ1n) is 15.5. The molecule has 3 aromatic rings. The third-order valence-electron chi connectivity index (χ3n) is 9.01. The Labute approximate surface area is 271 Å². The van der Waals surface area contributed by atoms with Crippen molar-refractivity contribution >= 4 is 44.1 Å². The number of nitrogens with zero attached hydrogens (tertiary/aromatic N) is 5. The van der Waals surface area contributed by atoms with Crippen LogP contribution < -0.4 is 15.6 Å². The molecule has 1 spiro atoms. The van der Waals surface area contributed by atoms with E-state index in [1.807, 2.05) is 31.1 Å². The summed E-state index contributed by atoms with van der Waals surface area (Å²) in [4.78, 5) is 37.1. The molecule has 10 nitrogen and oxygen atoms in total. The molecule has 3 saturated heterocycles. The van der Waals surface area contributed by atoms with Gasteiger partial charge >= 0.3 is 6.09 Å². The van der Waals surface area contributed by atoms with E-state index in [4.69, 9.17) is 9.47 Å². The standard InChI is InChI=1S/C32H43BrN6O4S/c1-31(2,3)43-30(41)38-11-9-32(10-12-38)20-37(21-32)13-15-42-25-7-5-22(6-8-25)23-17-24(19-36(4)18-23)34-27-26(33)28(40)39-14-16-44-29(39)35-27/h5-8,14,16,23-24,34H,9-13,15,17-21H2,1-4H3/t23-,24+/m0/s1. The predicted octanol–water partition coefficient (Wildman–Crippen LogP) is 5.13. The van der Waals surface area contributed by atoms with Gasteiger partial charge in [0, 0.05) is 63.4 Å². The molecule has 238 valence electrons. The number of thiazole rings is 1. The summed E-state index contributed by atoms with van der Waals surface area (Å²) >= 11 is 4.92. The average Bonchev–Trinajstić information content (AvgIpc) is 3.43. The molecule has 1 amide bonds. The summed E-state index contributed by atoms with van der Waals surface area (Å²) in [6.45, 7) is 12.9. The van der Waals surface area contributed by atoms with E-state index < -0.39 is 5.60 Å². The first kappa shape index (κ1) is 31.3. The number of hydrogen-bond acceptors (Lipinski definition) is 9. The number of amides is 1. The fourth-order valence-corrected chi connectivity index (χ4v) is 7.91. The first-order valence-corrected chi connectivity index (χ1v) is 17.2. The Balaban J connectivity index is 0.950. The molecule has 6 rings (SSSR count). The van der Waals surface area contributed by atoms with Crippen molar-refractivity contribution in [2.75, 3.05) is 64.8 Å². The molecule has 3 aliphatic rings. The Bertz CT molecular complexity index is 1520. The maximum atomic E-state index is 12.7. The van der Waals surface area contributed by atoms with E-state index in [2.05, 4.69) is 67.3 Å². The Hall–Kier alpha value is -2.67. The molecule has 0 bridgehead atoms. The van der Waals surface area contributed by atoms with Crippen molar-refractivity contribution in [2.45, 2.75) is 57.6 Å². The van der Waals surface area contributed by atoms with Crippen molar-refractivity contribution < 1.29 is 14.3 Å². The summed E-state index contributed by atoms with van der Waals surface area (Å²) in [6, 6.07) is 8.71. The summed E-state index contributed by atoms with van der Waals surface area (Å²) < 4.78 is 13.7. The number of rotatable bonds is 7. The molecule has 0 unspecified atom stereocenters. The highest BCUT2D eigenvalue weighted by atomic mass is 79.9. The lowest BCUT2D eigenvalue weighted by Crippen LogP contribution is -2.61. The summed E-state index contributed by atoms with van der Waals surface area (Å²) in [7, 11) is 2.14. The third kappa shape index (κ3) is 7.08. The Morgan fingerprint density at radius 2 is 1.89 bits per heavy atom. The second kappa shape index (κ2) is 12.6. The molecule has 12 heteroatoms. The molecule has 3 fully saturated rings. The van der Waals surface area contributed by atoms with Crippen LogP contribution in [0.1, 0.15) is 51.5 Å². The van der Waals surface area contributed by atoms with Gasteiger partial charge in [0.15, 0.2) is 4.96 Å². The molecule has 3 aliphatic heterocycles. The van der Waals surface area contributed by atoms with E-state index in [0.29, 0.717) is 33.2 Å². The van der Waals surface area contributed by atoms with Gasteiger partial charge in [0.25, 0.3) is 5.56 Å². The number of likely N-dealkylation sites (tertiary alicyclic amines) is 3. The molecule has 2 atom stereocenters. The van der Waals surface area contributed by atoms with Crippen LogP contribution in [-0.2, 0) is 4.74 Å². The van der Waals surface area contributed by atoms with Crippen LogP contribution >= 0.6 is 27.3 Å². The number of hydrogen-bond donors (Lipinski definition) is 1. The van der Waals surface area contributed by atoms with Gasteiger partial charge in [-0.05, 0) is 92.0 Å². The number of anilines is 1. The van der Waals surface area contributed by atoms with Gasteiger partial charge < -0.3 is 24.6 Å². The van der Waals surface area contributed by atoms with E-state index >= 15 is 0 Å². The quantitative estimate of drug-likeness (QED) is 0.366. The maximum absolute atomic E-state index is 12.7. The molecule has 0 saturated carbocycles. The highest BCUT2D eigenvalue weighted by Gasteiger charge is 2.45. The highest BCUT2D eigenvalue weighted by molar-refractivity contribution is 9.10. The number of halogens is 1. The van der Waals surface area contributed by atoms with E-state index in [-0.39, 0.29) is 17.7 Å². The number of benzene rings is 1. The summed E-state index contributed by atoms with van der Waals surface area (Å²) in [5.41, 5.74) is 1.08. The third-order valence-corrected chi connectivity index (χ3v) is 10.5. The lowest BCUT2D eigenvalue weighted by molar-refractivity contribution is -0.0545. The van der Waals surface area contributed by atoms with Gasteiger partial charge in [0.05, 0.1) is 0 Å². The fraction of sp³-hybridized carbons (Fsp3) is 0.594. The molecular weight excluding hydrogens is 644 g/mol. The van der Waals surface area contributed by atoms with Crippen LogP contribution in [0.15, 0.2) is 45.1 Å². The summed E-state index contributed by atoms with van der Waals surface area (Å²) in [5.74, 6) is 1.87. The molecule has 1 N–H and O–H groups in total. The lowest BCUT2D eigenvalue weighted by atomic mass is 9.72. The number of aromatic nitrogens is 2. The summed E-state index contributed by atoms with van der Waals surface area (Å²) in [6.07, 6.45) is 4.59. The SMILES string of the molecule is CN1C[C@H](Nc2nc3sccn3c(=O)c2Br)C[C@H](c2ccc(OCCN3CC4(CCN(C(=O)OC(C)(C)C)CC4)C3)cc2)C1. The zero-order chi connectivity index (χ0) is 31.1. The number of likely N-dealkylation sites (N-methyl/N-ethyl adjacent to an activating group) is 1. The fourth-order valence-electron chi connectivity index (χ4n) is 6.81. The normalized spacial score (nSPS) is 22.6. The van der Waals surface area contributed by atoms with Gasteiger partial charge in [-0.2, -0.15) is 0 Å². The van der Waals surface area contributed by atoms with E-state index in [9.17, 15) is 9.59 Å². The second-order valence-corrected chi connectivity index (χ2v) is 15.4. The monoisotopic (exact) mass is 686 g/mol. The smallest absolute Gasteiger partial charge is 0.410 e. The van der Waals surface area contributed by atoms with Crippen LogP contribution in [0.2, 0.25) is 0 Å². The minimum atomic E-state index is -0.451. The number of fused-ring (bicyclic) bond motifs is 1. The Morgan fingerprint density at radius 1 is 1.16 bits per heavy atom. The highest BCUT2D eigenvalue weighted by Crippen LogP contribution is 2.40. The van der Waals surface area contributed by atoms with Gasteiger partial charge in [0.2, 0.25) is 0 Å². The second-order valence-electron chi connectivity index (χ2n) is 13.7. The van der Waals surface area contributed by atoms with Crippen LogP contribution in [0.5, 0.6) is 5.75 Å². The molecule has 44 heavy (non-hydrogen) atoms. The first-order chi connectivity index (χ1) is 21.0. The van der Waals surface area contributed by atoms with Crippen molar-refractivity contribution in [3.8, 4) is 5.75 Å². The van der Waals surface area contributed by atoms with E-state index in [1.54, 1.807) is 10.6 Å². The minimum absolute atomic E-state index is 0.0933. The molecule has 0 radical (unpaired) electrons. The Kier molecular flexibility index (Phi) is 8.98. The van der Waals surface area contributed by atoms with Crippen molar-refractivity contribution in [3.63, 3.8) is 0 Å². The zero-order valence-corrected chi connectivity index (χ0v) is 28.5. The molecule has 0 aliphatic carbocycles. The van der Waals surface area contributed by atoms with Crippen LogP contribution in [0.3, 0.4) is 0 Å². The van der Waals surface area contributed by atoms with Gasteiger partial charge in [-0.25, -0.2) is 9.78 Å². The average molecular weight is 688 g/mol. The van der Waals surface area contributed by atoms with Gasteiger partial charge in [-0.3, -0.25) is 14.1 Å². The van der Waals surface area contributed by atoms with Crippen LogP contribution in [0.4, 0.5) is 10.6 Å². The molecular formula is C32H43BrN6O4S. The van der Waals surface area contributed by atoms with Crippen molar-refractivity contribution in [1.82, 2.24) is 24.1 Å². The van der Waals surface area contributed by atoms with Gasteiger partial charge in [-0.15, -0.1) is 11.3 Å². The van der Waals surface area contributed by atoms with Crippen molar-refractivity contribution in [3.05, 3.63) is 56.2 Å². The van der Waals surface area contributed by atoms with Crippen LogP contribution in [-0.4, -0.2) is 101 Å². The van der Waals surface area contributed by atoms with Gasteiger partial charge in [-0.1, -0.05) is 12.1 Å². The number of carbonyl (C=O) groups excluding carboxylic acids is 1. The number of piperidine rings is 2. The number of nitrogens with one attached hydrogen (secondary N) is 1. The Morgan fingerprint density at radius 3 is 2.59 bits per heavy atom. The van der Waals surface area contributed by atoms with E-state index in [1.165, 1.54) is 16.9 Å². The molecule has 2 aromatic heterocycles. The molecule has 1 aromatic carbocycles. The number of ether oxygens (including phenoxy) is 2. The van der Waals surface area contributed by atoms with Crippen molar-refractivity contribution in [1.29, 1.82) is 0 Å². The minimum Gasteiger partial charge on any atom is -0.492 e. The maximum Gasteiger partial charge on any atom is 0.410 e. The van der Waals surface area contributed by atoms with Gasteiger partial charge in [0.1, 0.15) is 28.2 Å². The van der Waals surface area contributed by atoms with Crippen LogP contribution in [0.25, 0.3) is 4.96 Å². The topological polar surface area (TPSA) is 91.7 Å². The van der Waals surface area contributed by atoms with E-state index in [0.717, 1.165) is 70.8 Å². The molecule has 5 heterocycles. The largest absolute Gasteiger partial charge is 0.492 e. The lowest BCUT2D eigenvalue weighted by Gasteiger charge is -2.54. The van der Waals surface area contributed by atoms with Crippen LogP contribution in [0, 0.1) is 5.41 Å². The predicted molar refractivity (Wildman–Crippen MR) is 177 cm³/mol. The number of carbonyl (C=O) groups is 1.